The Labute approximate surface area is 129 Å². The number of benzene rings is 1. The van der Waals surface area contributed by atoms with Crippen LogP contribution in [0.4, 0.5) is 0 Å². The Balaban J connectivity index is 2.59. The van der Waals surface area contributed by atoms with Crippen LogP contribution >= 0.6 is 38.5 Å². The van der Waals surface area contributed by atoms with Gasteiger partial charge in [-0.3, -0.25) is 4.79 Å². The first-order chi connectivity index (χ1) is 8.58. The monoisotopic (exact) mass is 427 g/mol. The minimum atomic E-state index is -0.415. The summed E-state index contributed by atoms with van der Waals surface area (Å²) in [5.41, 5.74) is 0.599. The highest BCUT2D eigenvalue weighted by atomic mass is 127. The second kappa shape index (κ2) is 8.08. The van der Waals surface area contributed by atoms with Crippen molar-refractivity contribution in [3.8, 4) is 0 Å². The molecule has 1 rings (SSSR count). The largest absolute Gasteiger partial charge is 0.354 e. The summed E-state index contributed by atoms with van der Waals surface area (Å²) in [5.74, 6) is -0.153. The van der Waals surface area contributed by atoms with Gasteiger partial charge in [-0.25, -0.2) is 0 Å². The van der Waals surface area contributed by atoms with E-state index < -0.39 is 6.29 Å². The fraction of sp³-hybridized carbons (Fsp3) is 0.417. The van der Waals surface area contributed by atoms with Gasteiger partial charge in [-0.1, -0.05) is 0 Å². The molecule has 0 saturated heterocycles. The summed E-state index contributed by atoms with van der Waals surface area (Å²) in [6, 6.07) is 5.56. The lowest BCUT2D eigenvalue weighted by atomic mass is 10.2. The second-order valence-corrected chi connectivity index (χ2v) is 5.55. The Morgan fingerprint density at radius 1 is 1.56 bits per heavy atom. The van der Waals surface area contributed by atoms with E-state index in [1.165, 1.54) is 0 Å². The first kappa shape index (κ1) is 15.9. The van der Waals surface area contributed by atoms with Gasteiger partial charge in [0, 0.05) is 21.8 Å². The molecule has 4 nitrogen and oxygen atoms in total. The molecule has 0 heterocycles. The van der Waals surface area contributed by atoms with E-state index in [-0.39, 0.29) is 5.91 Å². The van der Waals surface area contributed by atoms with Crippen molar-refractivity contribution < 1.29 is 14.3 Å². The molecular weight excluding hydrogens is 413 g/mol. The first-order valence-corrected chi connectivity index (χ1v) is 7.33. The minimum Gasteiger partial charge on any atom is -0.354 e. The zero-order valence-electron chi connectivity index (χ0n) is 10.2. The average molecular weight is 428 g/mol. The van der Waals surface area contributed by atoms with Gasteiger partial charge in [0.25, 0.3) is 5.91 Å². The maximum absolute atomic E-state index is 11.9. The summed E-state index contributed by atoms with van der Waals surface area (Å²) < 4.78 is 12.2. The molecule has 0 radical (unpaired) electrons. The van der Waals surface area contributed by atoms with Crippen molar-refractivity contribution >= 4 is 44.4 Å². The number of carbonyl (C=O) groups is 1. The van der Waals surface area contributed by atoms with Crippen LogP contribution in [0.1, 0.15) is 17.3 Å². The molecule has 100 valence electrons. The zero-order chi connectivity index (χ0) is 13.5. The Kier molecular flexibility index (Phi) is 7.13. The van der Waals surface area contributed by atoms with Gasteiger partial charge in [0.1, 0.15) is 0 Å². The van der Waals surface area contributed by atoms with E-state index in [4.69, 9.17) is 9.47 Å². The Morgan fingerprint density at radius 3 is 2.83 bits per heavy atom. The number of halogens is 2. The quantitative estimate of drug-likeness (QED) is 0.561. The summed E-state index contributed by atoms with van der Waals surface area (Å²) in [5, 5.41) is 2.77. The van der Waals surface area contributed by atoms with E-state index in [1.807, 2.05) is 19.1 Å². The second-order valence-electron chi connectivity index (χ2n) is 3.45. The highest BCUT2D eigenvalue weighted by Gasteiger charge is 2.13. The van der Waals surface area contributed by atoms with Crippen LogP contribution in [-0.4, -0.2) is 32.5 Å². The third-order valence-electron chi connectivity index (χ3n) is 2.22. The molecule has 1 aromatic rings. The Hall–Kier alpha value is -0.180. The van der Waals surface area contributed by atoms with E-state index in [0.29, 0.717) is 18.7 Å². The summed E-state index contributed by atoms with van der Waals surface area (Å²) in [6.07, 6.45) is -0.415. The predicted octanol–water partition coefficient (Wildman–Crippen LogP) is 2.79. The van der Waals surface area contributed by atoms with E-state index in [2.05, 4.69) is 43.8 Å². The van der Waals surface area contributed by atoms with E-state index in [1.54, 1.807) is 13.2 Å². The number of hydrogen-bond donors (Lipinski definition) is 1. The van der Waals surface area contributed by atoms with Crippen LogP contribution in [-0.2, 0) is 9.47 Å². The standard InChI is InChI=1S/C12H15BrINO3/c1-3-18-11(17-2)7-15-12(16)9-5-4-8(14)6-10(9)13/h4-6,11H,3,7H2,1-2H3,(H,15,16). The fourth-order valence-corrected chi connectivity index (χ4v) is 2.82. The molecule has 0 fully saturated rings. The average Bonchev–Trinajstić information content (AvgIpc) is 2.34. The van der Waals surface area contributed by atoms with Crippen molar-refractivity contribution in [3.63, 3.8) is 0 Å². The van der Waals surface area contributed by atoms with Crippen LogP contribution in [0.3, 0.4) is 0 Å². The van der Waals surface area contributed by atoms with E-state index in [0.717, 1.165) is 8.04 Å². The SMILES string of the molecule is CCOC(CNC(=O)c1ccc(I)cc1Br)OC. The molecule has 0 aliphatic rings. The molecule has 1 atom stereocenters. The van der Waals surface area contributed by atoms with Crippen molar-refractivity contribution in [1.29, 1.82) is 0 Å². The number of nitrogens with one attached hydrogen (secondary N) is 1. The van der Waals surface area contributed by atoms with Crippen molar-refractivity contribution in [2.24, 2.45) is 0 Å². The van der Waals surface area contributed by atoms with E-state index >= 15 is 0 Å². The lowest BCUT2D eigenvalue weighted by Gasteiger charge is -2.16. The summed E-state index contributed by atoms with van der Waals surface area (Å²) in [7, 11) is 1.55. The molecule has 0 aliphatic heterocycles. The molecule has 6 heteroatoms. The molecule has 0 aliphatic carbocycles. The molecule has 0 spiro atoms. The van der Waals surface area contributed by atoms with Crippen LogP contribution in [0, 0.1) is 3.57 Å². The molecule has 1 aromatic carbocycles. The van der Waals surface area contributed by atoms with Gasteiger partial charge < -0.3 is 14.8 Å². The number of methoxy groups -OCH3 is 1. The van der Waals surface area contributed by atoms with Gasteiger partial charge in [-0.05, 0) is 63.6 Å². The lowest BCUT2D eigenvalue weighted by Crippen LogP contribution is -2.34. The lowest BCUT2D eigenvalue weighted by molar-refractivity contribution is -0.115. The topological polar surface area (TPSA) is 47.6 Å². The molecule has 1 N–H and O–H groups in total. The van der Waals surface area contributed by atoms with Crippen LogP contribution < -0.4 is 5.32 Å². The van der Waals surface area contributed by atoms with Crippen molar-refractivity contribution in [2.75, 3.05) is 20.3 Å². The van der Waals surface area contributed by atoms with Crippen LogP contribution in [0.15, 0.2) is 22.7 Å². The van der Waals surface area contributed by atoms with Crippen molar-refractivity contribution in [3.05, 3.63) is 31.8 Å². The maximum Gasteiger partial charge on any atom is 0.252 e. The minimum absolute atomic E-state index is 0.153. The molecule has 0 saturated carbocycles. The first-order valence-electron chi connectivity index (χ1n) is 5.46. The molecule has 18 heavy (non-hydrogen) atoms. The van der Waals surface area contributed by atoms with Crippen LogP contribution in [0.25, 0.3) is 0 Å². The van der Waals surface area contributed by atoms with Crippen molar-refractivity contribution in [1.82, 2.24) is 5.32 Å². The predicted molar refractivity (Wildman–Crippen MR) is 81.6 cm³/mol. The maximum atomic E-state index is 11.9. The van der Waals surface area contributed by atoms with Gasteiger partial charge in [-0.2, -0.15) is 0 Å². The zero-order valence-corrected chi connectivity index (χ0v) is 13.9. The van der Waals surface area contributed by atoms with Gasteiger partial charge in [0.15, 0.2) is 6.29 Å². The van der Waals surface area contributed by atoms with Gasteiger partial charge in [0.05, 0.1) is 12.1 Å². The van der Waals surface area contributed by atoms with Gasteiger partial charge in [0.2, 0.25) is 0 Å². The third kappa shape index (κ3) is 4.83. The number of ether oxygens (including phenoxy) is 2. The Morgan fingerprint density at radius 2 is 2.28 bits per heavy atom. The number of amides is 1. The number of hydrogen-bond acceptors (Lipinski definition) is 3. The van der Waals surface area contributed by atoms with Crippen LogP contribution in [0.5, 0.6) is 0 Å². The molecule has 0 bridgehead atoms. The molecule has 1 unspecified atom stereocenters. The number of carbonyl (C=O) groups excluding carboxylic acids is 1. The van der Waals surface area contributed by atoms with Gasteiger partial charge in [-0.15, -0.1) is 0 Å². The molecule has 0 aromatic heterocycles. The fourth-order valence-electron chi connectivity index (χ4n) is 1.34. The molecular formula is C12H15BrINO3. The highest BCUT2D eigenvalue weighted by molar-refractivity contribution is 14.1. The Bertz CT molecular complexity index is 414. The highest BCUT2D eigenvalue weighted by Crippen LogP contribution is 2.19. The van der Waals surface area contributed by atoms with Crippen LogP contribution in [0.2, 0.25) is 0 Å². The van der Waals surface area contributed by atoms with Gasteiger partial charge >= 0.3 is 0 Å². The van der Waals surface area contributed by atoms with Crippen molar-refractivity contribution in [2.45, 2.75) is 13.2 Å². The number of rotatable bonds is 6. The normalized spacial score (nSPS) is 12.2. The molecule has 1 amide bonds. The summed E-state index contributed by atoms with van der Waals surface area (Å²) in [6.45, 7) is 2.74. The third-order valence-corrected chi connectivity index (χ3v) is 3.55. The summed E-state index contributed by atoms with van der Waals surface area (Å²) in [4.78, 5) is 11.9. The smallest absolute Gasteiger partial charge is 0.252 e. The summed E-state index contributed by atoms with van der Waals surface area (Å²) >= 11 is 5.57. The van der Waals surface area contributed by atoms with E-state index in [9.17, 15) is 4.79 Å².